The molecule has 0 amide bonds. The molecule has 3 nitrogen and oxygen atoms in total. The number of ketones is 1. The van der Waals surface area contributed by atoms with Crippen LogP contribution in [0, 0.1) is 28.6 Å². The van der Waals surface area contributed by atoms with E-state index in [1.54, 1.807) is 0 Å². The molecule has 0 spiro atoms. The highest BCUT2D eigenvalue weighted by atomic mass is 16.5. The number of allylic oxidation sites excluding steroid dienone is 1. The smallest absolute Gasteiger partial charge is 0.306 e. The third-order valence-electron chi connectivity index (χ3n) is 10.6. The van der Waals surface area contributed by atoms with E-state index in [0.29, 0.717) is 24.0 Å². The fraction of sp³-hybridized carbons (Fsp3) is 0.871. The molecule has 4 aliphatic carbocycles. The zero-order valence-corrected chi connectivity index (χ0v) is 22.3. The largest absolute Gasteiger partial charge is 0.462 e. The van der Waals surface area contributed by atoms with Gasteiger partial charge in [0.25, 0.3) is 0 Å². The summed E-state index contributed by atoms with van der Waals surface area (Å²) in [6.45, 7) is 7.14. The van der Waals surface area contributed by atoms with Crippen LogP contribution in [0.25, 0.3) is 0 Å². The van der Waals surface area contributed by atoms with Gasteiger partial charge in [-0.1, -0.05) is 77.7 Å². The van der Waals surface area contributed by atoms with Crippen molar-refractivity contribution in [3.63, 3.8) is 0 Å². The Labute approximate surface area is 208 Å². The van der Waals surface area contributed by atoms with Crippen LogP contribution in [-0.4, -0.2) is 17.9 Å². The van der Waals surface area contributed by atoms with E-state index in [2.05, 4.69) is 20.8 Å². The highest BCUT2D eigenvalue weighted by Gasteiger charge is 2.59. The van der Waals surface area contributed by atoms with E-state index in [0.717, 1.165) is 44.4 Å². The van der Waals surface area contributed by atoms with Gasteiger partial charge in [0.05, 0.1) is 0 Å². The van der Waals surface area contributed by atoms with Crippen molar-refractivity contribution in [1.82, 2.24) is 0 Å². The van der Waals surface area contributed by atoms with Gasteiger partial charge in [0.15, 0.2) is 5.78 Å². The van der Waals surface area contributed by atoms with E-state index >= 15 is 0 Å². The molecule has 0 aromatic carbocycles. The Bertz CT molecular complexity index is 754. The zero-order chi connectivity index (χ0) is 24.2. The maximum atomic E-state index is 12.7. The number of fused-ring (bicyclic) bond motifs is 5. The molecule has 3 heteroatoms. The number of esters is 1. The Balaban J connectivity index is 1.24. The minimum Gasteiger partial charge on any atom is -0.462 e. The van der Waals surface area contributed by atoms with Gasteiger partial charge in [0.2, 0.25) is 0 Å². The van der Waals surface area contributed by atoms with Gasteiger partial charge in [0.1, 0.15) is 6.10 Å². The van der Waals surface area contributed by atoms with E-state index in [9.17, 15) is 9.59 Å². The standard InChI is InChI=1S/C31H50O3/c1-4-5-6-7-8-9-10-11-12-13-29(33)34-28-17-16-26-25-15-14-23-22-24(32)18-20-30(23,2)27(25)19-21-31(26,28)3/h22,25-28H,4-21H2,1-3H3/t25?,26?,27?,28-,30-,31-/m0/s1. The molecule has 0 bridgehead atoms. The average Bonchev–Trinajstić information content (AvgIpc) is 3.14. The molecule has 34 heavy (non-hydrogen) atoms. The van der Waals surface area contributed by atoms with E-state index in [1.807, 2.05) is 6.08 Å². The van der Waals surface area contributed by atoms with Gasteiger partial charge in [-0.25, -0.2) is 0 Å². The summed E-state index contributed by atoms with van der Waals surface area (Å²) in [4.78, 5) is 24.8. The Kier molecular flexibility index (Phi) is 8.62. The summed E-state index contributed by atoms with van der Waals surface area (Å²) in [5.41, 5.74) is 1.82. The average molecular weight is 471 g/mol. The quantitative estimate of drug-likeness (QED) is 0.225. The molecule has 4 aliphatic rings. The Morgan fingerprint density at radius 3 is 2.32 bits per heavy atom. The lowest BCUT2D eigenvalue weighted by atomic mass is 9.47. The summed E-state index contributed by atoms with van der Waals surface area (Å²) in [6.07, 6.45) is 22.9. The molecule has 3 saturated carbocycles. The van der Waals surface area contributed by atoms with Gasteiger partial charge >= 0.3 is 5.97 Å². The second-order valence-electron chi connectivity index (χ2n) is 12.6. The summed E-state index contributed by atoms with van der Waals surface area (Å²) >= 11 is 0. The van der Waals surface area contributed by atoms with E-state index < -0.39 is 0 Å². The van der Waals surface area contributed by atoms with Crippen molar-refractivity contribution >= 4 is 11.8 Å². The van der Waals surface area contributed by atoms with E-state index in [1.165, 1.54) is 76.2 Å². The van der Waals surface area contributed by atoms with Gasteiger partial charge in [-0.3, -0.25) is 9.59 Å². The third-order valence-corrected chi connectivity index (χ3v) is 10.6. The summed E-state index contributed by atoms with van der Waals surface area (Å²) in [5.74, 6) is 2.49. The van der Waals surface area contributed by atoms with Gasteiger partial charge in [0, 0.05) is 18.3 Å². The van der Waals surface area contributed by atoms with Crippen LogP contribution in [0.5, 0.6) is 0 Å². The van der Waals surface area contributed by atoms with Crippen LogP contribution in [0.15, 0.2) is 11.6 Å². The summed E-state index contributed by atoms with van der Waals surface area (Å²) in [5, 5.41) is 0. The number of hydrogen-bond acceptors (Lipinski definition) is 3. The predicted octanol–water partition coefficient (Wildman–Crippen LogP) is 8.35. The Morgan fingerprint density at radius 2 is 1.59 bits per heavy atom. The first-order chi connectivity index (χ1) is 16.4. The number of ether oxygens (including phenoxy) is 1. The fourth-order valence-corrected chi connectivity index (χ4v) is 8.50. The van der Waals surface area contributed by atoms with Crippen molar-refractivity contribution in [1.29, 1.82) is 0 Å². The van der Waals surface area contributed by atoms with Crippen LogP contribution in [0.2, 0.25) is 0 Å². The molecule has 192 valence electrons. The van der Waals surface area contributed by atoms with Gasteiger partial charge in [-0.2, -0.15) is 0 Å². The summed E-state index contributed by atoms with van der Waals surface area (Å²) < 4.78 is 6.19. The maximum Gasteiger partial charge on any atom is 0.306 e. The van der Waals surface area contributed by atoms with Crippen LogP contribution in [0.1, 0.15) is 136 Å². The minimum atomic E-state index is 0.0450. The molecule has 0 heterocycles. The number of carbonyl (C=O) groups is 2. The predicted molar refractivity (Wildman–Crippen MR) is 138 cm³/mol. The number of carbonyl (C=O) groups excluding carboxylic acids is 2. The third kappa shape index (κ3) is 5.34. The lowest BCUT2D eigenvalue weighted by molar-refractivity contribution is -0.160. The highest BCUT2D eigenvalue weighted by molar-refractivity contribution is 5.91. The topological polar surface area (TPSA) is 43.4 Å². The molecule has 6 atom stereocenters. The minimum absolute atomic E-state index is 0.0450. The van der Waals surface area contributed by atoms with Gasteiger partial charge in [-0.05, 0) is 80.6 Å². The van der Waals surface area contributed by atoms with Crippen LogP contribution < -0.4 is 0 Å². The normalized spacial score (nSPS) is 36.9. The van der Waals surface area contributed by atoms with Crippen molar-refractivity contribution in [2.24, 2.45) is 28.6 Å². The van der Waals surface area contributed by atoms with Crippen molar-refractivity contribution in [2.45, 2.75) is 142 Å². The lowest BCUT2D eigenvalue weighted by Gasteiger charge is -2.57. The van der Waals surface area contributed by atoms with Crippen molar-refractivity contribution in [3.8, 4) is 0 Å². The molecule has 4 rings (SSSR count). The van der Waals surface area contributed by atoms with E-state index in [-0.39, 0.29) is 22.9 Å². The number of hydrogen-bond donors (Lipinski definition) is 0. The molecule has 3 fully saturated rings. The van der Waals surface area contributed by atoms with Crippen molar-refractivity contribution in [3.05, 3.63) is 11.6 Å². The van der Waals surface area contributed by atoms with Crippen LogP contribution in [0.3, 0.4) is 0 Å². The van der Waals surface area contributed by atoms with Crippen molar-refractivity contribution in [2.75, 3.05) is 0 Å². The zero-order valence-electron chi connectivity index (χ0n) is 22.3. The maximum absolute atomic E-state index is 12.7. The molecule has 0 N–H and O–H groups in total. The second-order valence-corrected chi connectivity index (χ2v) is 12.6. The molecule has 0 aromatic heterocycles. The summed E-state index contributed by atoms with van der Waals surface area (Å²) in [7, 11) is 0. The first-order valence-electron chi connectivity index (χ1n) is 14.8. The fourth-order valence-electron chi connectivity index (χ4n) is 8.50. The molecule has 0 saturated heterocycles. The molecular weight excluding hydrogens is 420 g/mol. The second kappa shape index (κ2) is 11.3. The highest BCUT2D eigenvalue weighted by Crippen LogP contribution is 2.65. The number of rotatable bonds is 11. The van der Waals surface area contributed by atoms with Crippen LogP contribution in [0.4, 0.5) is 0 Å². The Hall–Kier alpha value is -1.12. The van der Waals surface area contributed by atoms with Crippen molar-refractivity contribution < 1.29 is 14.3 Å². The lowest BCUT2D eigenvalue weighted by Crippen LogP contribution is -2.51. The Morgan fingerprint density at radius 1 is 0.882 bits per heavy atom. The monoisotopic (exact) mass is 470 g/mol. The van der Waals surface area contributed by atoms with Crippen LogP contribution >= 0.6 is 0 Å². The number of unbranched alkanes of at least 4 members (excludes halogenated alkanes) is 8. The molecule has 3 unspecified atom stereocenters. The van der Waals surface area contributed by atoms with E-state index in [4.69, 9.17) is 4.74 Å². The van der Waals surface area contributed by atoms with Gasteiger partial charge < -0.3 is 4.74 Å². The SMILES string of the molecule is CCCCCCCCCCCC(=O)O[C@H]1CCC2C3CCC4=CC(=O)CC[C@]4(C)C3CC[C@@]21C. The summed E-state index contributed by atoms with van der Waals surface area (Å²) in [6, 6.07) is 0. The molecular formula is C31H50O3. The molecule has 0 aliphatic heterocycles. The van der Waals surface area contributed by atoms with Crippen LogP contribution in [-0.2, 0) is 14.3 Å². The molecule has 0 radical (unpaired) electrons. The first kappa shape index (κ1) is 26.0. The van der Waals surface area contributed by atoms with Gasteiger partial charge in [-0.15, -0.1) is 0 Å². The molecule has 0 aromatic rings. The first-order valence-corrected chi connectivity index (χ1v) is 14.8.